The summed E-state index contributed by atoms with van der Waals surface area (Å²) in [6.45, 7) is 3.40. The number of benzene rings is 5. The quantitative estimate of drug-likeness (QED) is 0.0686. The number of halogens is 1. The number of aromatic carboxylic acids is 4. The van der Waals surface area contributed by atoms with Crippen molar-refractivity contribution in [3.05, 3.63) is 289 Å². The van der Waals surface area contributed by atoms with Crippen LogP contribution in [0.2, 0.25) is 5.02 Å². The number of carbonyl (C=O) groups excluding carboxylic acids is 9. The molecule has 1 N–H and O–H groups in total. The Morgan fingerprint density at radius 3 is 1.88 bits per heavy atom. The number of aromatic nitrogens is 6. The molecule has 8 heterocycles. The zero-order chi connectivity index (χ0) is 90.6. The number of amidine groups is 1. The van der Waals surface area contributed by atoms with Gasteiger partial charge in [-0.2, -0.15) is 5.26 Å². The summed E-state index contributed by atoms with van der Waals surface area (Å²) >= 11 is 9.93. The van der Waals surface area contributed by atoms with Crippen LogP contribution >= 0.6 is 45.6 Å². The third-order valence-corrected chi connectivity index (χ3v) is 22.4. The number of carboxylic acids is 8. The molecule has 5 aromatic carbocycles. The van der Waals surface area contributed by atoms with Crippen molar-refractivity contribution < 1.29 is 102 Å². The number of aryl methyl sites for hydroxylation is 1. The summed E-state index contributed by atoms with van der Waals surface area (Å²) in [5.41, 5.74) is 3.17. The number of rotatable bonds is 28. The number of nitrogens with one attached hydrogen (secondary N) is 1. The SMILES string of the molecule is CCCS(=O)(=O)Nc1cc(C(=O)[O-])cc(C(=O)[O-])c1.CCc1cc2c(=O)n(-c3cccc(Cl)c3)c(=O)n(CC(=O)[O-])c2s1.CN1Cc2c(C(=O)[O-])csc2N=C1c1cccnc1.COc1ccc(-c2ccc(C#N)c(=O)n2CCC(=O)[O-])cc1.COc1ccc(C(=O)[O-])cc1C(=O)CCC(=O)[O-].O=C([O-])Cc1sc(Cc2ccccc2)nc1-c1ccncc1. The van der Waals surface area contributed by atoms with E-state index in [2.05, 4.69) is 24.7 Å². The summed E-state index contributed by atoms with van der Waals surface area (Å²) in [6, 6.07) is 43.7. The van der Waals surface area contributed by atoms with E-state index in [-0.39, 0.29) is 70.9 Å². The second-order valence-electron chi connectivity index (χ2n) is 26.1. The van der Waals surface area contributed by atoms with Crippen LogP contribution < -0.4 is 71.9 Å². The van der Waals surface area contributed by atoms with Gasteiger partial charge in [-0.15, -0.1) is 34.0 Å². The number of aliphatic carboxylic acids is 4. The Kier molecular flexibility index (Phi) is 34.1. The normalized spacial score (nSPS) is 11.0. The van der Waals surface area contributed by atoms with Crippen molar-refractivity contribution in [3.8, 4) is 45.8 Å². The van der Waals surface area contributed by atoms with Crippen molar-refractivity contribution in [1.82, 2.24) is 33.6 Å². The van der Waals surface area contributed by atoms with Crippen LogP contribution in [0.5, 0.6) is 11.5 Å². The number of thiophene rings is 2. The minimum atomic E-state index is -3.65. The van der Waals surface area contributed by atoms with Gasteiger partial charge in [-0.1, -0.05) is 61.8 Å². The number of nitriles is 1. The number of methoxy groups -OCH3 is 2. The summed E-state index contributed by atoms with van der Waals surface area (Å²) < 4.78 is 38.4. The van der Waals surface area contributed by atoms with Gasteiger partial charge in [0.1, 0.15) is 38.8 Å². The standard InChI is InChI=1S/C17H14N2O2S.C16H13ClN2O4S.C16H14N2O4.C13H11N3O2S.C12H12O6.C11H13NO6S/c20-16(21)11-14-17(13-6-8-18-9-7-13)19-15(22-14)10-12-4-2-1-3-5-12;1-2-11-7-12-14(22)19(10-5-3-4-9(17)6-10)16(23)18(8-13(20)21)15(12)24-11;1-22-13-5-2-11(3-6-13)14-7-4-12(10-17)16(21)18(14)9-8-15(19)20;1-16-6-9-10(13(17)18)7-19-12(9)15-11(16)8-3-2-4-14-5-8;1-18-10-4-2-7(12(16)17)6-8(10)9(13)3-5-11(14)15;1-2-3-19(17,18)12-9-5-7(10(13)14)4-8(6-9)11(15)16/h1-9H,10-11H2,(H,20,21);3-7H,2,8H2,1H3,(H,20,21);2-7H,8-9H2,1H3,(H,19,20);2-5,7H,6H2,1H3,(H,17,18);2,4,6H,3,5H2,1H3,(H,14,15)(H,16,17);4-6,12H,2-3H2,1H3,(H,13,14)(H,15,16)/p-8. The molecule has 7 aromatic heterocycles. The van der Waals surface area contributed by atoms with Crippen molar-refractivity contribution in [1.29, 1.82) is 5.26 Å². The highest BCUT2D eigenvalue weighted by atomic mass is 35.5. The molecule has 0 saturated heterocycles. The zero-order valence-corrected chi connectivity index (χ0v) is 70.0. The molecule has 0 spiro atoms. The van der Waals surface area contributed by atoms with E-state index in [1.807, 2.05) is 73.5 Å². The lowest BCUT2D eigenvalue weighted by Crippen LogP contribution is -2.41. The van der Waals surface area contributed by atoms with Gasteiger partial charge in [0.05, 0.1) is 89.4 Å². The number of nitrogens with zero attached hydrogens (tertiary/aromatic N) is 9. The summed E-state index contributed by atoms with van der Waals surface area (Å²) in [5, 5.41) is 98.9. The lowest BCUT2D eigenvalue weighted by atomic mass is 10.0. The first-order valence-electron chi connectivity index (χ1n) is 36.7. The second-order valence-corrected chi connectivity index (χ2v) is 31.5. The summed E-state index contributed by atoms with van der Waals surface area (Å²) in [4.78, 5) is 157. The number of ether oxygens (including phenoxy) is 2. The number of carboxylic acid groups (broad SMARTS) is 8. The number of carbonyl (C=O) groups is 9. The van der Waals surface area contributed by atoms with Crippen LogP contribution in [0.25, 0.3) is 38.4 Å². The minimum Gasteiger partial charge on any atom is -0.550 e. The van der Waals surface area contributed by atoms with E-state index in [1.54, 1.807) is 105 Å². The second kappa shape index (κ2) is 44.6. The number of ketones is 1. The van der Waals surface area contributed by atoms with Crippen LogP contribution in [-0.2, 0) is 68.1 Å². The van der Waals surface area contributed by atoms with Crippen LogP contribution in [0.1, 0.15) is 128 Å². The zero-order valence-electron chi connectivity index (χ0n) is 66.0. The average molecular weight is 1780 g/mol. The maximum Gasteiger partial charge on any atom is 0.337 e. The third-order valence-electron chi connectivity index (χ3n) is 17.4. The molecular formula is C85H69ClN10O24S4-8. The van der Waals surface area contributed by atoms with Gasteiger partial charge in [0, 0.05) is 137 Å². The van der Waals surface area contributed by atoms with Crippen molar-refractivity contribution in [2.45, 2.75) is 78.4 Å². The number of Topliss-reactive ketones (excluding diaryl/α,β-unsaturated/α-hetero) is 1. The first kappa shape index (κ1) is 94.8. The summed E-state index contributed by atoms with van der Waals surface area (Å²) in [6.07, 6.45) is 7.39. The van der Waals surface area contributed by atoms with E-state index in [9.17, 15) is 107 Å². The maximum atomic E-state index is 12.8. The van der Waals surface area contributed by atoms with E-state index in [4.69, 9.17) is 26.3 Å². The maximum absolute atomic E-state index is 12.8. The molecular weight excluding hydrogens is 1710 g/mol. The van der Waals surface area contributed by atoms with E-state index in [1.165, 1.54) is 70.0 Å². The van der Waals surface area contributed by atoms with E-state index in [0.29, 0.717) is 58.2 Å². The third kappa shape index (κ3) is 26.2. The van der Waals surface area contributed by atoms with Gasteiger partial charge in [0.2, 0.25) is 10.0 Å². The molecule has 0 bridgehead atoms. The Bertz CT molecular complexity index is 6310. The number of sulfonamides is 1. The predicted molar refractivity (Wildman–Crippen MR) is 441 cm³/mol. The number of anilines is 1. The number of aliphatic imine (C=N–C) groups is 1. The van der Waals surface area contributed by atoms with Gasteiger partial charge < -0.3 is 98.1 Å². The molecule has 39 heteroatoms. The molecule has 1 aliphatic heterocycles. The minimum absolute atomic E-state index is 0.0143. The molecule has 0 fully saturated rings. The molecule has 0 unspecified atom stereocenters. The first-order valence-corrected chi connectivity index (χ1v) is 41.2. The molecule has 0 radical (unpaired) electrons. The fourth-order valence-corrected chi connectivity index (χ4v) is 16.1. The van der Waals surface area contributed by atoms with Crippen LogP contribution in [-0.4, -0.2) is 128 Å². The molecule has 0 amide bonds. The Balaban J connectivity index is 0.000000185. The van der Waals surface area contributed by atoms with E-state index < -0.39 is 104 Å². The number of hydrogen-bond acceptors (Lipinski definition) is 33. The fraction of sp³-hybridized carbons (Fsp3) is 0.188. The molecule has 124 heavy (non-hydrogen) atoms. The van der Waals surface area contributed by atoms with Crippen LogP contribution in [0.4, 0.5) is 10.7 Å². The van der Waals surface area contributed by atoms with Gasteiger partial charge in [0.25, 0.3) is 11.1 Å². The smallest absolute Gasteiger partial charge is 0.337 e. The lowest BCUT2D eigenvalue weighted by molar-refractivity contribution is -0.307. The predicted octanol–water partition coefficient (Wildman–Crippen LogP) is 2.17. The van der Waals surface area contributed by atoms with Gasteiger partial charge >= 0.3 is 5.69 Å². The van der Waals surface area contributed by atoms with Gasteiger partial charge in [0.15, 0.2) is 5.78 Å². The van der Waals surface area contributed by atoms with Crippen molar-refractivity contribution in [3.63, 3.8) is 0 Å². The largest absolute Gasteiger partial charge is 0.550 e. The van der Waals surface area contributed by atoms with Crippen LogP contribution in [0, 0.1) is 11.3 Å². The van der Waals surface area contributed by atoms with Gasteiger partial charge in [-0.3, -0.25) is 33.6 Å². The van der Waals surface area contributed by atoms with E-state index >= 15 is 0 Å². The van der Waals surface area contributed by atoms with E-state index in [0.717, 1.165) is 86.8 Å². The number of fused-ring (bicyclic) bond motifs is 2. The number of hydrogen-bond donors (Lipinski definition) is 1. The molecule has 642 valence electrons. The highest BCUT2D eigenvalue weighted by Gasteiger charge is 2.24. The Morgan fingerprint density at radius 1 is 0.629 bits per heavy atom. The number of thiazole rings is 1. The molecule has 34 nitrogen and oxygen atoms in total. The first-order chi connectivity index (χ1) is 59.1. The van der Waals surface area contributed by atoms with Gasteiger partial charge in [-0.05, 0) is 168 Å². The highest BCUT2D eigenvalue weighted by molar-refractivity contribution is 7.92. The topological polar surface area (TPSA) is 547 Å². The Morgan fingerprint density at radius 2 is 1.31 bits per heavy atom. The molecule has 0 saturated carbocycles. The monoisotopic (exact) mass is 1780 g/mol. The Hall–Kier alpha value is -14.7. The fourth-order valence-electron chi connectivity index (χ4n) is 11.7. The number of pyridine rings is 3. The molecule has 0 aliphatic carbocycles. The van der Waals surface area contributed by atoms with Crippen molar-refractivity contribution in [2.24, 2.45) is 4.99 Å². The summed E-state index contributed by atoms with van der Waals surface area (Å²) in [7, 11) is 1.11. The Labute approximate surface area is 722 Å². The molecule has 0 atom stereocenters. The van der Waals surface area contributed by atoms with Crippen LogP contribution in [0.3, 0.4) is 0 Å². The molecule has 12 aromatic rings. The summed E-state index contributed by atoms with van der Waals surface area (Å²) in [5.74, 6) is -9.94. The van der Waals surface area contributed by atoms with Crippen molar-refractivity contribution >= 4 is 136 Å². The lowest BCUT2D eigenvalue weighted by Gasteiger charge is -2.26. The van der Waals surface area contributed by atoms with Gasteiger partial charge in [-0.25, -0.2) is 27.8 Å². The average Bonchev–Trinajstić information content (AvgIpc) is 1.57. The van der Waals surface area contributed by atoms with Crippen molar-refractivity contribution in [2.75, 3.05) is 31.7 Å². The molecule has 1 aliphatic rings. The molecule has 13 rings (SSSR count). The highest BCUT2D eigenvalue weighted by Crippen LogP contribution is 2.37. The van der Waals surface area contributed by atoms with Crippen LogP contribution in [0.15, 0.2) is 207 Å².